The summed E-state index contributed by atoms with van der Waals surface area (Å²) >= 11 is 0. The van der Waals surface area contributed by atoms with Crippen LogP contribution in [0, 0.1) is 0 Å². The molecule has 1 aliphatic carbocycles. The number of hydrogen-bond acceptors (Lipinski definition) is 4. The Labute approximate surface area is 109 Å². The summed E-state index contributed by atoms with van der Waals surface area (Å²) in [7, 11) is 0. The molecule has 4 nitrogen and oxygen atoms in total. The van der Waals surface area contributed by atoms with Gasteiger partial charge >= 0.3 is 0 Å². The Bertz CT molecular complexity index is 364. The van der Waals surface area contributed by atoms with E-state index in [1.807, 2.05) is 12.4 Å². The first-order chi connectivity index (χ1) is 8.92. The number of hydrogen-bond donors (Lipinski definition) is 2. The van der Waals surface area contributed by atoms with E-state index in [1.165, 1.54) is 31.2 Å². The van der Waals surface area contributed by atoms with Crippen molar-refractivity contribution in [3.8, 4) is 0 Å². The maximum Gasteiger partial charge on any atom is 0.222 e. The summed E-state index contributed by atoms with van der Waals surface area (Å²) in [6.07, 6.45) is 11.7. The fourth-order valence-electron chi connectivity index (χ4n) is 3.03. The first-order valence-electron chi connectivity index (χ1n) is 7.21. The molecule has 4 heteroatoms. The van der Waals surface area contributed by atoms with Gasteiger partial charge in [-0.2, -0.15) is 0 Å². The molecule has 1 saturated heterocycles. The van der Waals surface area contributed by atoms with Gasteiger partial charge in [-0.25, -0.2) is 9.97 Å². The van der Waals surface area contributed by atoms with E-state index in [4.69, 9.17) is 0 Å². The predicted octanol–water partition coefficient (Wildman–Crippen LogP) is 2.30. The molecule has 1 aliphatic heterocycles. The van der Waals surface area contributed by atoms with Crippen LogP contribution in [-0.2, 0) is 0 Å². The van der Waals surface area contributed by atoms with Gasteiger partial charge in [0.1, 0.15) is 0 Å². The largest absolute Gasteiger partial charge is 0.351 e. The van der Waals surface area contributed by atoms with Gasteiger partial charge in [0.15, 0.2) is 0 Å². The maximum absolute atomic E-state index is 4.47. The van der Waals surface area contributed by atoms with Crippen LogP contribution in [0.4, 0.5) is 5.95 Å². The monoisotopic (exact) mass is 246 g/mol. The molecule has 0 atom stereocenters. The molecule has 0 amide bonds. The molecule has 3 rings (SSSR count). The summed E-state index contributed by atoms with van der Waals surface area (Å²) < 4.78 is 0. The Hall–Kier alpha value is -1.16. The van der Waals surface area contributed by atoms with Crippen molar-refractivity contribution in [1.82, 2.24) is 15.3 Å². The van der Waals surface area contributed by atoms with Crippen molar-refractivity contribution in [1.29, 1.82) is 0 Å². The molecule has 98 valence electrons. The van der Waals surface area contributed by atoms with Gasteiger partial charge in [-0.3, -0.25) is 0 Å². The molecule has 2 fully saturated rings. The Morgan fingerprint density at radius 1 is 1.00 bits per heavy atom. The quantitative estimate of drug-likeness (QED) is 0.859. The predicted molar refractivity (Wildman–Crippen MR) is 72.8 cm³/mol. The van der Waals surface area contributed by atoms with Crippen molar-refractivity contribution in [3.63, 3.8) is 0 Å². The third-order valence-corrected chi connectivity index (χ3v) is 4.17. The second-order valence-electron chi connectivity index (χ2n) is 5.49. The Morgan fingerprint density at radius 3 is 2.33 bits per heavy atom. The van der Waals surface area contributed by atoms with Gasteiger partial charge < -0.3 is 10.6 Å². The lowest BCUT2D eigenvalue weighted by Crippen LogP contribution is -2.35. The smallest absolute Gasteiger partial charge is 0.222 e. The minimum absolute atomic E-state index is 0.531. The van der Waals surface area contributed by atoms with Crippen LogP contribution in [0.5, 0.6) is 0 Å². The SMILES string of the molecule is c1nc(NC2CCNCC2)ncc1C1CCCC1. The van der Waals surface area contributed by atoms with Gasteiger partial charge in [-0.1, -0.05) is 12.8 Å². The Balaban J connectivity index is 1.59. The van der Waals surface area contributed by atoms with Crippen LogP contribution in [0.1, 0.15) is 50.0 Å². The number of rotatable bonds is 3. The zero-order chi connectivity index (χ0) is 12.2. The summed E-state index contributed by atoms with van der Waals surface area (Å²) in [6, 6.07) is 0.531. The summed E-state index contributed by atoms with van der Waals surface area (Å²) in [4.78, 5) is 8.95. The van der Waals surface area contributed by atoms with Gasteiger partial charge in [-0.15, -0.1) is 0 Å². The minimum atomic E-state index is 0.531. The first kappa shape index (κ1) is 11.9. The molecule has 0 aromatic carbocycles. The average molecular weight is 246 g/mol. The van der Waals surface area contributed by atoms with Gasteiger partial charge in [0.2, 0.25) is 5.95 Å². The minimum Gasteiger partial charge on any atom is -0.351 e. The molecule has 18 heavy (non-hydrogen) atoms. The van der Waals surface area contributed by atoms with Crippen LogP contribution in [0.25, 0.3) is 0 Å². The van der Waals surface area contributed by atoms with Gasteiger partial charge in [0.05, 0.1) is 0 Å². The third-order valence-electron chi connectivity index (χ3n) is 4.17. The van der Waals surface area contributed by atoms with Crippen LogP contribution in [0.15, 0.2) is 12.4 Å². The van der Waals surface area contributed by atoms with Crippen LogP contribution in [-0.4, -0.2) is 29.1 Å². The molecule has 0 bridgehead atoms. The molecular weight excluding hydrogens is 224 g/mol. The summed E-state index contributed by atoms with van der Waals surface area (Å²) in [5.41, 5.74) is 1.32. The molecule has 1 saturated carbocycles. The molecule has 2 aliphatic rings. The summed E-state index contributed by atoms with van der Waals surface area (Å²) in [5, 5.41) is 6.80. The normalized spacial score (nSPS) is 22.2. The number of nitrogens with zero attached hydrogens (tertiary/aromatic N) is 2. The third kappa shape index (κ3) is 2.80. The van der Waals surface area contributed by atoms with Crippen molar-refractivity contribution < 1.29 is 0 Å². The lowest BCUT2D eigenvalue weighted by atomic mass is 10.0. The Kier molecular flexibility index (Phi) is 3.74. The molecule has 2 N–H and O–H groups in total. The van der Waals surface area contributed by atoms with Crippen LogP contribution < -0.4 is 10.6 Å². The zero-order valence-corrected chi connectivity index (χ0v) is 10.9. The van der Waals surface area contributed by atoms with Crippen molar-refractivity contribution in [2.45, 2.75) is 50.5 Å². The van der Waals surface area contributed by atoms with Crippen molar-refractivity contribution in [3.05, 3.63) is 18.0 Å². The molecule has 1 aromatic rings. The van der Waals surface area contributed by atoms with E-state index in [0.29, 0.717) is 12.0 Å². The van der Waals surface area contributed by atoms with E-state index >= 15 is 0 Å². The highest BCUT2D eigenvalue weighted by molar-refractivity contribution is 5.28. The summed E-state index contributed by atoms with van der Waals surface area (Å²) in [6.45, 7) is 2.19. The first-order valence-corrected chi connectivity index (χ1v) is 7.21. The second-order valence-corrected chi connectivity index (χ2v) is 5.49. The average Bonchev–Trinajstić information content (AvgIpc) is 2.95. The van der Waals surface area contributed by atoms with E-state index < -0.39 is 0 Å². The molecule has 0 spiro atoms. The highest BCUT2D eigenvalue weighted by atomic mass is 15.1. The van der Waals surface area contributed by atoms with E-state index in [-0.39, 0.29) is 0 Å². The van der Waals surface area contributed by atoms with Crippen molar-refractivity contribution in [2.24, 2.45) is 0 Å². The van der Waals surface area contributed by atoms with E-state index in [1.54, 1.807) is 0 Å². The molecule has 0 radical (unpaired) electrons. The van der Waals surface area contributed by atoms with Gasteiger partial charge in [-0.05, 0) is 50.3 Å². The molecule has 0 unspecified atom stereocenters. The number of aromatic nitrogens is 2. The van der Waals surface area contributed by atoms with Crippen molar-refractivity contribution >= 4 is 5.95 Å². The van der Waals surface area contributed by atoms with Gasteiger partial charge in [0.25, 0.3) is 0 Å². The fraction of sp³-hybridized carbons (Fsp3) is 0.714. The molecule has 2 heterocycles. The molecule has 1 aromatic heterocycles. The Morgan fingerprint density at radius 2 is 1.67 bits per heavy atom. The highest BCUT2D eigenvalue weighted by Gasteiger charge is 2.18. The lowest BCUT2D eigenvalue weighted by molar-refractivity contribution is 0.477. The van der Waals surface area contributed by atoms with E-state index in [2.05, 4.69) is 20.6 Å². The number of anilines is 1. The molecular formula is C14H22N4. The van der Waals surface area contributed by atoms with Crippen molar-refractivity contribution in [2.75, 3.05) is 18.4 Å². The highest BCUT2D eigenvalue weighted by Crippen LogP contribution is 2.33. The zero-order valence-electron chi connectivity index (χ0n) is 10.9. The second kappa shape index (κ2) is 5.65. The standard InChI is InChI=1S/C14H22N4/c1-2-4-11(3-1)12-9-16-14(17-10-12)18-13-5-7-15-8-6-13/h9-11,13,15H,1-8H2,(H,16,17,18). The number of nitrogens with one attached hydrogen (secondary N) is 2. The lowest BCUT2D eigenvalue weighted by Gasteiger charge is -2.23. The van der Waals surface area contributed by atoms with Crippen LogP contribution in [0.3, 0.4) is 0 Å². The topological polar surface area (TPSA) is 49.8 Å². The summed E-state index contributed by atoms with van der Waals surface area (Å²) in [5.74, 6) is 1.50. The van der Waals surface area contributed by atoms with E-state index in [0.717, 1.165) is 31.9 Å². The maximum atomic E-state index is 4.47. The van der Waals surface area contributed by atoms with Crippen LogP contribution in [0.2, 0.25) is 0 Å². The fourth-order valence-corrected chi connectivity index (χ4v) is 3.03. The van der Waals surface area contributed by atoms with Crippen LogP contribution >= 0.6 is 0 Å². The van der Waals surface area contributed by atoms with E-state index in [9.17, 15) is 0 Å². The number of piperidine rings is 1. The van der Waals surface area contributed by atoms with Gasteiger partial charge in [0, 0.05) is 18.4 Å².